The van der Waals surface area contributed by atoms with Gasteiger partial charge in [-0.15, -0.1) is 0 Å². The van der Waals surface area contributed by atoms with Gasteiger partial charge in [-0.25, -0.2) is 4.39 Å². The van der Waals surface area contributed by atoms with E-state index in [-0.39, 0.29) is 11.6 Å². The Balaban J connectivity index is 2.15. The molecule has 0 aliphatic carbocycles. The van der Waals surface area contributed by atoms with E-state index in [0.29, 0.717) is 5.69 Å². The Bertz CT molecular complexity index is 630. The molecule has 4 nitrogen and oxygen atoms in total. The smallest absolute Gasteiger partial charge is 0.258 e. The van der Waals surface area contributed by atoms with Crippen molar-refractivity contribution in [2.24, 2.45) is 0 Å². The number of carbonyl (C=O) groups excluding carboxylic acids is 1. The van der Waals surface area contributed by atoms with Crippen LogP contribution < -0.4 is 10.6 Å². The third-order valence-electron chi connectivity index (χ3n) is 3.17. The van der Waals surface area contributed by atoms with Gasteiger partial charge in [-0.1, -0.05) is 19.1 Å². The van der Waals surface area contributed by atoms with Crippen LogP contribution in [0.5, 0.6) is 0 Å². The highest BCUT2D eigenvalue weighted by atomic mass is 19.1. The molecule has 110 valence electrons. The fraction of sp³-hybridized carbons (Fsp3) is 0.250. The first-order chi connectivity index (χ1) is 10.1. The highest BCUT2D eigenvalue weighted by molar-refractivity contribution is 6.04. The van der Waals surface area contributed by atoms with Gasteiger partial charge in [0.1, 0.15) is 0 Å². The second-order valence-corrected chi connectivity index (χ2v) is 4.71. The Morgan fingerprint density at radius 3 is 2.90 bits per heavy atom. The summed E-state index contributed by atoms with van der Waals surface area (Å²) in [7, 11) is 0. The SMILES string of the molecule is CCNC(C)c1cccc(NC(=O)c2ccncc2F)c1. The molecule has 5 heteroatoms. The van der Waals surface area contributed by atoms with E-state index in [1.165, 1.54) is 12.3 Å². The van der Waals surface area contributed by atoms with Crippen LogP contribution in [0.3, 0.4) is 0 Å². The summed E-state index contributed by atoms with van der Waals surface area (Å²) in [5, 5.41) is 6.00. The molecule has 1 atom stereocenters. The van der Waals surface area contributed by atoms with E-state index in [0.717, 1.165) is 18.3 Å². The van der Waals surface area contributed by atoms with Crippen LogP contribution in [-0.4, -0.2) is 17.4 Å². The minimum absolute atomic E-state index is 0.0184. The maximum absolute atomic E-state index is 13.5. The van der Waals surface area contributed by atoms with Crippen LogP contribution in [0.15, 0.2) is 42.7 Å². The van der Waals surface area contributed by atoms with Crippen LogP contribution in [0.25, 0.3) is 0 Å². The van der Waals surface area contributed by atoms with Crippen molar-refractivity contribution in [1.29, 1.82) is 0 Å². The summed E-state index contributed by atoms with van der Waals surface area (Å²) >= 11 is 0. The lowest BCUT2D eigenvalue weighted by atomic mass is 10.1. The van der Waals surface area contributed by atoms with Crippen LogP contribution in [0.4, 0.5) is 10.1 Å². The van der Waals surface area contributed by atoms with Crippen molar-refractivity contribution in [3.8, 4) is 0 Å². The maximum Gasteiger partial charge on any atom is 0.258 e. The number of aromatic nitrogens is 1. The second-order valence-electron chi connectivity index (χ2n) is 4.71. The van der Waals surface area contributed by atoms with Crippen molar-refractivity contribution in [3.05, 3.63) is 59.7 Å². The minimum Gasteiger partial charge on any atom is -0.322 e. The van der Waals surface area contributed by atoms with Crippen LogP contribution in [-0.2, 0) is 0 Å². The van der Waals surface area contributed by atoms with E-state index in [4.69, 9.17) is 0 Å². The average Bonchev–Trinajstić information content (AvgIpc) is 2.48. The number of carbonyl (C=O) groups is 1. The average molecular weight is 287 g/mol. The standard InChI is InChI=1S/C16H18FN3O/c1-3-19-11(2)12-5-4-6-13(9-12)20-16(21)14-7-8-18-10-15(14)17/h4-11,19H,3H2,1-2H3,(H,20,21). The van der Waals surface area contributed by atoms with Gasteiger partial charge in [0.15, 0.2) is 5.82 Å². The van der Waals surface area contributed by atoms with Crippen molar-refractivity contribution in [2.45, 2.75) is 19.9 Å². The molecular formula is C16H18FN3O. The number of pyridine rings is 1. The Hall–Kier alpha value is -2.27. The van der Waals surface area contributed by atoms with E-state index in [1.54, 1.807) is 6.07 Å². The normalized spacial score (nSPS) is 12.0. The monoisotopic (exact) mass is 287 g/mol. The molecule has 1 heterocycles. The van der Waals surface area contributed by atoms with Gasteiger partial charge in [0.05, 0.1) is 11.8 Å². The lowest BCUT2D eigenvalue weighted by Crippen LogP contribution is -2.18. The molecule has 2 N–H and O–H groups in total. The first-order valence-corrected chi connectivity index (χ1v) is 6.86. The summed E-state index contributed by atoms with van der Waals surface area (Å²) in [6.07, 6.45) is 2.42. The van der Waals surface area contributed by atoms with Gasteiger partial charge in [0.25, 0.3) is 5.91 Å². The lowest BCUT2D eigenvalue weighted by molar-refractivity contribution is 0.102. The number of rotatable bonds is 5. The van der Waals surface area contributed by atoms with Gasteiger partial charge < -0.3 is 10.6 Å². The van der Waals surface area contributed by atoms with E-state index in [1.807, 2.05) is 32.0 Å². The molecule has 1 unspecified atom stereocenters. The molecule has 1 aromatic heterocycles. The zero-order valence-electron chi connectivity index (χ0n) is 12.1. The Morgan fingerprint density at radius 2 is 2.19 bits per heavy atom. The zero-order chi connectivity index (χ0) is 15.2. The second kappa shape index (κ2) is 6.95. The summed E-state index contributed by atoms with van der Waals surface area (Å²) in [6, 6.07) is 9.04. The van der Waals surface area contributed by atoms with Gasteiger partial charge in [0, 0.05) is 17.9 Å². The van der Waals surface area contributed by atoms with Crippen molar-refractivity contribution < 1.29 is 9.18 Å². The summed E-state index contributed by atoms with van der Waals surface area (Å²) < 4.78 is 13.5. The first-order valence-electron chi connectivity index (χ1n) is 6.86. The van der Waals surface area contributed by atoms with Crippen LogP contribution in [0.1, 0.15) is 35.8 Å². The molecule has 21 heavy (non-hydrogen) atoms. The first kappa shape index (κ1) is 15.1. The van der Waals surface area contributed by atoms with Crippen molar-refractivity contribution in [1.82, 2.24) is 10.3 Å². The largest absolute Gasteiger partial charge is 0.322 e. The van der Waals surface area contributed by atoms with E-state index in [9.17, 15) is 9.18 Å². The van der Waals surface area contributed by atoms with E-state index >= 15 is 0 Å². The molecule has 0 radical (unpaired) electrons. The maximum atomic E-state index is 13.5. The fourth-order valence-electron chi connectivity index (χ4n) is 2.07. The quantitative estimate of drug-likeness (QED) is 0.888. The summed E-state index contributed by atoms with van der Waals surface area (Å²) in [5.41, 5.74) is 1.68. The van der Waals surface area contributed by atoms with Crippen LogP contribution in [0, 0.1) is 5.82 Å². The number of amides is 1. The Labute approximate surface area is 123 Å². The molecule has 1 aromatic carbocycles. The molecule has 1 amide bonds. The number of hydrogen-bond acceptors (Lipinski definition) is 3. The predicted octanol–water partition coefficient (Wildman–Crippen LogP) is 3.14. The van der Waals surface area contributed by atoms with Gasteiger partial charge in [0.2, 0.25) is 0 Å². The van der Waals surface area contributed by atoms with Crippen molar-refractivity contribution in [2.75, 3.05) is 11.9 Å². The summed E-state index contributed by atoms with van der Waals surface area (Å²) in [6.45, 7) is 4.95. The third-order valence-corrected chi connectivity index (χ3v) is 3.17. The molecule has 2 rings (SSSR count). The van der Waals surface area contributed by atoms with Gasteiger partial charge in [-0.05, 0) is 37.2 Å². The number of nitrogens with one attached hydrogen (secondary N) is 2. The predicted molar refractivity (Wildman–Crippen MR) is 80.7 cm³/mol. The van der Waals surface area contributed by atoms with E-state index in [2.05, 4.69) is 15.6 Å². The molecule has 0 bridgehead atoms. The molecule has 0 aliphatic heterocycles. The van der Waals surface area contributed by atoms with E-state index < -0.39 is 11.7 Å². The van der Waals surface area contributed by atoms with Gasteiger partial charge in [-0.3, -0.25) is 9.78 Å². The molecule has 2 aromatic rings. The Kier molecular flexibility index (Phi) is 5.00. The number of anilines is 1. The summed E-state index contributed by atoms with van der Waals surface area (Å²) in [5.74, 6) is -1.12. The van der Waals surface area contributed by atoms with Crippen molar-refractivity contribution >= 4 is 11.6 Å². The van der Waals surface area contributed by atoms with Crippen molar-refractivity contribution in [3.63, 3.8) is 0 Å². The molecule has 0 saturated heterocycles. The number of hydrogen-bond donors (Lipinski definition) is 2. The topological polar surface area (TPSA) is 54.0 Å². The zero-order valence-corrected chi connectivity index (χ0v) is 12.1. The molecule has 0 spiro atoms. The highest BCUT2D eigenvalue weighted by Gasteiger charge is 2.12. The Morgan fingerprint density at radius 1 is 1.38 bits per heavy atom. The van der Waals surface area contributed by atoms with Crippen LogP contribution in [0.2, 0.25) is 0 Å². The number of benzene rings is 1. The fourth-order valence-corrected chi connectivity index (χ4v) is 2.07. The van der Waals surface area contributed by atoms with Gasteiger partial charge >= 0.3 is 0 Å². The van der Waals surface area contributed by atoms with Gasteiger partial charge in [-0.2, -0.15) is 0 Å². The third kappa shape index (κ3) is 3.86. The lowest BCUT2D eigenvalue weighted by Gasteiger charge is -2.14. The number of nitrogens with zero attached hydrogens (tertiary/aromatic N) is 1. The number of halogens is 1. The molecule has 0 fully saturated rings. The summed E-state index contributed by atoms with van der Waals surface area (Å²) in [4.78, 5) is 15.7. The molecule has 0 saturated carbocycles. The highest BCUT2D eigenvalue weighted by Crippen LogP contribution is 2.18. The minimum atomic E-state index is -0.632. The van der Waals surface area contributed by atoms with Crippen LogP contribution >= 0.6 is 0 Å². The molecular weight excluding hydrogens is 269 g/mol. The molecule has 0 aliphatic rings.